The number of ether oxygens (including phenoxy) is 2. The number of nitrogens with zero attached hydrogens (tertiary/aromatic N) is 2. The monoisotopic (exact) mass is 442 g/mol. The number of anilines is 2. The molecule has 0 aliphatic carbocycles. The predicted octanol–water partition coefficient (Wildman–Crippen LogP) is 1.51. The van der Waals surface area contributed by atoms with Crippen LogP contribution in [0.15, 0.2) is 22.5 Å². The van der Waals surface area contributed by atoms with Crippen molar-refractivity contribution >= 4 is 50.0 Å². The van der Waals surface area contributed by atoms with Gasteiger partial charge in [0.15, 0.2) is 0 Å². The third-order valence-corrected chi connectivity index (χ3v) is 6.05. The molecule has 1 heterocycles. The van der Waals surface area contributed by atoms with E-state index in [1.807, 2.05) is 0 Å². The molecular weight excluding hydrogens is 424 g/mol. The number of carbonyl (C=O) groups is 3. The van der Waals surface area contributed by atoms with E-state index in [2.05, 4.69) is 29.7 Å². The average molecular weight is 442 g/mol. The summed E-state index contributed by atoms with van der Waals surface area (Å²) in [6.45, 7) is 3.33. The standard InChI is InChI=1S/C16H18N4O7S2/c1-8(2)12(21)17-15-18-19-16(28-15)29(24,25)20-11-7-9(13(22)26-3)5-6-10(11)14(23)27-4/h5-8,20H,1-4H3,(H,17,18,21). The fraction of sp³-hybridized carbons (Fsp3) is 0.312. The van der Waals surface area contributed by atoms with Gasteiger partial charge < -0.3 is 14.8 Å². The second kappa shape index (κ2) is 8.96. The zero-order valence-electron chi connectivity index (χ0n) is 15.9. The predicted molar refractivity (Wildman–Crippen MR) is 103 cm³/mol. The molecule has 2 aromatic rings. The lowest BCUT2D eigenvalue weighted by Crippen LogP contribution is -2.17. The molecule has 2 rings (SSSR count). The molecule has 13 heteroatoms. The normalized spacial score (nSPS) is 11.1. The van der Waals surface area contributed by atoms with E-state index in [0.717, 1.165) is 20.3 Å². The Morgan fingerprint density at radius 3 is 2.31 bits per heavy atom. The maximum Gasteiger partial charge on any atom is 0.339 e. The summed E-state index contributed by atoms with van der Waals surface area (Å²) in [5.74, 6) is -2.23. The molecular formula is C16H18N4O7S2. The van der Waals surface area contributed by atoms with Crippen molar-refractivity contribution in [2.45, 2.75) is 18.2 Å². The second-order valence-corrected chi connectivity index (χ2v) is 8.70. The van der Waals surface area contributed by atoms with Gasteiger partial charge in [-0.1, -0.05) is 25.2 Å². The molecule has 0 bridgehead atoms. The van der Waals surface area contributed by atoms with Crippen LogP contribution >= 0.6 is 11.3 Å². The molecule has 1 aromatic carbocycles. The van der Waals surface area contributed by atoms with Gasteiger partial charge in [-0.25, -0.2) is 9.59 Å². The number of sulfonamides is 1. The first-order chi connectivity index (χ1) is 13.6. The number of aromatic nitrogens is 2. The van der Waals surface area contributed by atoms with Crippen molar-refractivity contribution in [2.75, 3.05) is 24.3 Å². The molecule has 0 aliphatic rings. The van der Waals surface area contributed by atoms with Crippen LogP contribution in [0.5, 0.6) is 0 Å². The number of hydrogen-bond acceptors (Lipinski definition) is 10. The largest absolute Gasteiger partial charge is 0.465 e. The van der Waals surface area contributed by atoms with Gasteiger partial charge in [0.05, 0.1) is 31.0 Å². The SMILES string of the molecule is COC(=O)c1ccc(C(=O)OC)c(NS(=O)(=O)c2nnc(NC(=O)C(C)C)s2)c1. The number of carbonyl (C=O) groups excluding carboxylic acids is 3. The van der Waals surface area contributed by atoms with Gasteiger partial charge in [-0.3, -0.25) is 9.52 Å². The minimum absolute atomic E-state index is 0.000535. The summed E-state index contributed by atoms with van der Waals surface area (Å²) in [5, 5.41) is 9.64. The molecule has 1 aromatic heterocycles. The Hall–Kier alpha value is -3.06. The van der Waals surface area contributed by atoms with Crippen molar-refractivity contribution in [3.8, 4) is 0 Å². The summed E-state index contributed by atoms with van der Waals surface area (Å²) in [6, 6.07) is 3.66. The zero-order valence-corrected chi connectivity index (χ0v) is 17.5. The molecule has 0 radical (unpaired) electrons. The van der Waals surface area contributed by atoms with Gasteiger partial charge >= 0.3 is 11.9 Å². The number of amides is 1. The van der Waals surface area contributed by atoms with Crippen LogP contribution < -0.4 is 10.0 Å². The van der Waals surface area contributed by atoms with E-state index < -0.39 is 26.3 Å². The average Bonchev–Trinajstić information content (AvgIpc) is 3.15. The third-order valence-electron chi connectivity index (χ3n) is 3.48. The summed E-state index contributed by atoms with van der Waals surface area (Å²) >= 11 is 0.627. The van der Waals surface area contributed by atoms with Crippen LogP contribution in [-0.4, -0.2) is 50.7 Å². The second-order valence-electron chi connectivity index (χ2n) is 5.87. The molecule has 0 atom stereocenters. The maximum atomic E-state index is 12.7. The van der Waals surface area contributed by atoms with E-state index in [4.69, 9.17) is 0 Å². The zero-order chi connectivity index (χ0) is 21.8. The minimum Gasteiger partial charge on any atom is -0.465 e. The van der Waals surface area contributed by atoms with E-state index in [1.165, 1.54) is 12.1 Å². The molecule has 0 saturated carbocycles. The first kappa shape index (κ1) is 22.2. The smallest absolute Gasteiger partial charge is 0.339 e. The Morgan fingerprint density at radius 2 is 1.72 bits per heavy atom. The topological polar surface area (TPSA) is 154 Å². The highest BCUT2D eigenvalue weighted by molar-refractivity contribution is 7.94. The lowest BCUT2D eigenvalue weighted by atomic mass is 10.1. The summed E-state index contributed by atoms with van der Waals surface area (Å²) in [5.41, 5.74) is -0.315. The van der Waals surface area contributed by atoms with Crippen molar-refractivity contribution in [3.63, 3.8) is 0 Å². The minimum atomic E-state index is -4.28. The van der Waals surface area contributed by atoms with Gasteiger partial charge in [0.2, 0.25) is 11.0 Å². The molecule has 0 aliphatic heterocycles. The molecule has 1 amide bonds. The van der Waals surface area contributed by atoms with Crippen molar-refractivity contribution in [3.05, 3.63) is 29.3 Å². The van der Waals surface area contributed by atoms with E-state index in [1.54, 1.807) is 13.8 Å². The van der Waals surface area contributed by atoms with E-state index in [0.29, 0.717) is 11.3 Å². The number of hydrogen-bond donors (Lipinski definition) is 2. The molecule has 0 fully saturated rings. The Bertz CT molecular complexity index is 1050. The number of esters is 2. The van der Waals surface area contributed by atoms with Gasteiger partial charge in [0.25, 0.3) is 14.4 Å². The lowest BCUT2D eigenvalue weighted by molar-refractivity contribution is -0.118. The molecule has 29 heavy (non-hydrogen) atoms. The van der Waals surface area contributed by atoms with Crippen LogP contribution in [-0.2, 0) is 24.3 Å². The highest BCUT2D eigenvalue weighted by atomic mass is 32.2. The van der Waals surface area contributed by atoms with Gasteiger partial charge in [-0.2, -0.15) is 8.42 Å². The summed E-state index contributed by atoms with van der Waals surface area (Å²) in [4.78, 5) is 35.4. The summed E-state index contributed by atoms with van der Waals surface area (Å²) < 4.78 is 36.3. The van der Waals surface area contributed by atoms with E-state index in [-0.39, 0.29) is 33.8 Å². The number of nitrogens with one attached hydrogen (secondary N) is 2. The van der Waals surface area contributed by atoms with Crippen molar-refractivity contribution in [1.82, 2.24) is 10.2 Å². The van der Waals surface area contributed by atoms with Crippen LogP contribution in [0.2, 0.25) is 0 Å². The van der Waals surface area contributed by atoms with Gasteiger partial charge in [-0.05, 0) is 18.2 Å². The number of methoxy groups -OCH3 is 2. The maximum absolute atomic E-state index is 12.7. The fourth-order valence-corrected chi connectivity index (χ4v) is 3.94. The first-order valence-electron chi connectivity index (χ1n) is 8.07. The van der Waals surface area contributed by atoms with Crippen LogP contribution in [0, 0.1) is 5.92 Å². The molecule has 0 unspecified atom stereocenters. The summed E-state index contributed by atoms with van der Waals surface area (Å²) in [6.07, 6.45) is 0. The van der Waals surface area contributed by atoms with Crippen molar-refractivity contribution < 1.29 is 32.3 Å². The molecule has 0 spiro atoms. The quantitative estimate of drug-likeness (QED) is 0.479. The highest BCUT2D eigenvalue weighted by Crippen LogP contribution is 2.26. The summed E-state index contributed by atoms with van der Waals surface area (Å²) in [7, 11) is -1.99. The van der Waals surface area contributed by atoms with Gasteiger partial charge in [0, 0.05) is 5.92 Å². The third kappa shape index (κ3) is 5.26. The number of rotatable bonds is 7. The van der Waals surface area contributed by atoms with Crippen LogP contribution in [0.25, 0.3) is 0 Å². The van der Waals surface area contributed by atoms with E-state index >= 15 is 0 Å². The van der Waals surface area contributed by atoms with Crippen molar-refractivity contribution in [1.29, 1.82) is 0 Å². The Morgan fingerprint density at radius 1 is 1.07 bits per heavy atom. The highest BCUT2D eigenvalue weighted by Gasteiger charge is 2.25. The molecule has 156 valence electrons. The molecule has 0 saturated heterocycles. The fourth-order valence-electron chi connectivity index (χ4n) is 1.97. The molecule has 2 N–H and O–H groups in total. The Balaban J connectivity index is 2.38. The van der Waals surface area contributed by atoms with E-state index in [9.17, 15) is 22.8 Å². The Labute approximate surface area is 170 Å². The van der Waals surface area contributed by atoms with Gasteiger partial charge in [-0.15, -0.1) is 10.2 Å². The van der Waals surface area contributed by atoms with Crippen LogP contribution in [0.3, 0.4) is 0 Å². The number of benzene rings is 1. The van der Waals surface area contributed by atoms with Crippen molar-refractivity contribution in [2.24, 2.45) is 5.92 Å². The van der Waals surface area contributed by atoms with Crippen LogP contribution in [0.4, 0.5) is 10.8 Å². The first-order valence-corrected chi connectivity index (χ1v) is 10.4. The Kier molecular flexibility index (Phi) is 6.87. The van der Waals surface area contributed by atoms with Crippen LogP contribution in [0.1, 0.15) is 34.6 Å². The van der Waals surface area contributed by atoms with Gasteiger partial charge in [0.1, 0.15) is 0 Å². The molecule has 11 nitrogen and oxygen atoms in total. The lowest BCUT2D eigenvalue weighted by Gasteiger charge is -2.11.